The zero-order chi connectivity index (χ0) is 13.3. The van der Waals surface area contributed by atoms with E-state index < -0.39 is 10.0 Å². The summed E-state index contributed by atoms with van der Waals surface area (Å²) >= 11 is 5.91. The Bertz CT molecular complexity index is 539. The van der Waals surface area contributed by atoms with Gasteiger partial charge in [-0.25, -0.2) is 13.1 Å². The lowest BCUT2D eigenvalue weighted by Crippen LogP contribution is -2.43. The summed E-state index contributed by atoms with van der Waals surface area (Å²) < 4.78 is 27.0. The lowest BCUT2D eigenvalue weighted by Gasteiger charge is -2.32. The van der Waals surface area contributed by atoms with Crippen molar-refractivity contribution < 1.29 is 8.42 Å². The van der Waals surface area contributed by atoms with Gasteiger partial charge in [-0.05, 0) is 42.5 Å². The summed E-state index contributed by atoms with van der Waals surface area (Å²) in [5.41, 5.74) is 6.16. The third-order valence-electron chi connectivity index (χ3n) is 3.24. The first-order valence-electron chi connectivity index (χ1n) is 5.93. The smallest absolute Gasteiger partial charge is 0.240 e. The van der Waals surface area contributed by atoms with Crippen molar-refractivity contribution in [1.29, 1.82) is 0 Å². The third-order valence-corrected chi connectivity index (χ3v) is 5.13. The largest absolute Gasteiger partial charge is 0.326 e. The molecule has 1 aromatic carbocycles. The van der Waals surface area contributed by atoms with Gasteiger partial charge in [-0.2, -0.15) is 0 Å². The summed E-state index contributed by atoms with van der Waals surface area (Å²) in [4.78, 5) is 0.229. The van der Waals surface area contributed by atoms with Gasteiger partial charge in [0.2, 0.25) is 10.0 Å². The van der Waals surface area contributed by atoms with Crippen molar-refractivity contribution in [3.8, 4) is 0 Å². The average Bonchev–Trinajstić information content (AvgIpc) is 2.27. The second-order valence-electron chi connectivity index (χ2n) is 4.85. The van der Waals surface area contributed by atoms with Crippen LogP contribution < -0.4 is 10.5 Å². The summed E-state index contributed by atoms with van der Waals surface area (Å²) in [5.74, 6) is 0.600. The van der Waals surface area contributed by atoms with Crippen LogP contribution in [-0.4, -0.2) is 14.5 Å². The number of nitrogens with one attached hydrogen (secondary N) is 1. The molecule has 0 saturated heterocycles. The third kappa shape index (κ3) is 2.85. The number of benzene rings is 1. The summed E-state index contributed by atoms with van der Waals surface area (Å²) in [6, 6.07) is 4.67. The number of halogens is 1. The molecule has 100 valence electrons. The van der Waals surface area contributed by atoms with Crippen molar-refractivity contribution in [3.63, 3.8) is 0 Å². The van der Waals surface area contributed by atoms with E-state index in [1.807, 2.05) is 0 Å². The standard InChI is InChI=1S/C12H17ClN2O2S/c1-8-4-10(5-8)15-18(16,17)11-2-3-12(13)9(6-11)7-14/h2-3,6,8,10,15H,4-5,7,14H2,1H3. The highest BCUT2D eigenvalue weighted by molar-refractivity contribution is 7.89. The molecule has 0 bridgehead atoms. The van der Waals surface area contributed by atoms with Crippen molar-refractivity contribution in [2.75, 3.05) is 0 Å². The van der Waals surface area contributed by atoms with E-state index in [-0.39, 0.29) is 17.5 Å². The molecule has 0 atom stereocenters. The summed E-state index contributed by atoms with van der Waals surface area (Å²) in [6.45, 7) is 2.34. The predicted molar refractivity (Wildman–Crippen MR) is 71.9 cm³/mol. The topological polar surface area (TPSA) is 72.2 Å². The van der Waals surface area contributed by atoms with Crippen LogP contribution in [0.4, 0.5) is 0 Å². The Morgan fingerprint density at radius 1 is 1.44 bits per heavy atom. The Morgan fingerprint density at radius 2 is 2.11 bits per heavy atom. The van der Waals surface area contributed by atoms with Gasteiger partial charge < -0.3 is 5.73 Å². The van der Waals surface area contributed by atoms with Gasteiger partial charge >= 0.3 is 0 Å². The van der Waals surface area contributed by atoms with Crippen LogP contribution in [0.5, 0.6) is 0 Å². The molecule has 1 aliphatic rings. The van der Waals surface area contributed by atoms with Crippen molar-refractivity contribution in [2.45, 2.75) is 37.2 Å². The molecule has 0 aliphatic heterocycles. The molecule has 0 aromatic heterocycles. The molecule has 6 heteroatoms. The lowest BCUT2D eigenvalue weighted by atomic mass is 9.83. The van der Waals surface area contributed by atoms with Crippen LogP contribution in [0.25, 0.3) is 0 Å². The Morgan fingerprint density at radius 3 is 2.67 bits per heavy atom. The highest BCUT2D eigenvalue weighted by Gasteiger charge is 2.29. The molecule has 1 aliphatic carbocycles. The number of hydrogen-bond donors (Lipinski definition) is 2. The monoisotopic (exact) mass is 288 g/mol. The minimum atomic E-state index is -3.46. The van der Waals surface area contributed by atoms with Gasteiger partial charge in [-0.15, -0.1) is 0 Å². The minimum Gasteiger partial charge on any atom is -0.326 e. The maximum absolute atomic E-state index is 12.1. The first-order chi connectivity index (χ1) is 8.42. The molecule has 18 heavy (non-hydrogen) atoms. The van der Waals surface area contributed by atoms with Crippen LogP contribution in [0.15, 0.2) is 23.1 Å². The zero-order valence-corrected chi connectivity index (χ0v) is 11.8. The molecule has 0 spiro atoms. The van der Waals surface area contributed by atoms with Crippen LogP contribution in [0.1, 0.15) is 25.3 Å². The van der Waals surface area contributed by atoms with Crippen molar-refractivity contribution in [1.82, 2.24) is 4.72 Å². The van der Waals surface area contributed by atoms with E-state index in [0.717, 1.165) is 12.8 Å². The second-order valence-corrected chi connectivity index (χ2v) is 6.97. The molecule has 3 N–H and O–H groups in total. The van der Waals surface area contributed by atoms with E-state index >= 15 is 0 Å². The van der Waals surface area contributed by atoms with Crippen molar-refractivity contribution >= 4 is 21.6 Å². The highest BCUT2D eigenvalue weighted by atomic mass is 35.5. The van der Waals surface area contributed by atoms with E-state index in [2.05, 4.69) is 11.6 Å². The normalized spacial score (nSPS) is 23.7. The SMILES string of the molecule is CC1CC(NS(=O)(=O)c2ccc(Cl)c(CN)c2)C1. The Labute approximate surface area is 113 Å². The van der Waals surface area contributed by atoms with Crippen LogP contribution >= 0.6 is 11.6 Å². The number of hydrogen-bond acceptors (Lipinski definition) is 3. The van der Waals surface area contributed by atoms with Gasteiger partial charge in [0.15, 0.2) is 0 Å². The molecule has 4 nitrogen and oxygen atoms in total. The zero-order valence-electron chi connectivity index (χ0n) is 10.2. The molecular weight excluding hydrogens is 272 g/mol. The van der Waals surface area contributed by atoms with E-state index in [1.54, 1.807) is 6.07 Å². The van der Waals surface area contributed by atoms with Gasteiger partial charge in [-0.3, -0.25) is 0 Å². The Kier molecular flexibility index (Phi) is 3.96. The summed E-state index contributed by atoms with van der Waals surface area (Å²) in [7, 11) is -3.46. The van der Waals surface area contributed by atoms with Gasteiger partial charge in [0.05, 0.1) is 4.90 Å². The molecule has 0 heterocycles. The fourth-order valence-corrected chi connectivity index (χ4v) is 3.67. The maximum Gasteiger partial charge on any atom is 0.240 e. The average molecular weight is 289 g/mol. The quantitative estimate of drug-likeness (QED) is 0.888. The fraction of sp³-hybridized carbons (Fsp3) is 0.500. The van der Waals surface area contributed by atoms with E-state index in [4.69, 9.17) is 17.3 Å². The van der Waals surface area contributed by atoms with Gasteiger partial charge in [0.25, 0.3) is 0 Å². The Hall–Kier alpha value is -0.620. The molecule has 1 aromatic rings. The van der Waals surface area contributed by atoms with Gasteiger partial charge in [-0.1, -0.05) is 18.5 Å². The summed E-state index contributed by atoms with van der Waals surface area (Å²) in [6.07, 6.45) is 1.80. The molecule has 0 radical (unpaired) electrons. The molecule has 0 amide bonds. The van der Waals surface area contributed by atoms with Gasteiger partial charge in [0.1, 0.15) is 0 Å². The lowest BCUT2D eigenvalue weighted by molar-refractivity contribution is 0.270. The molecule has 1 fully saturated rings. The first kappa shape index (κ1) is 13.8. The number of nitrogens with two attached hydrogens (primary N) is 1. The molecular formula is C12H17ClN2O2S. The number of sulfonamides is 1. The van der Waals surface area contributed by atoms with Crippen LogP contribution in [0.2, 0.25) is 5.02 Å². The predicted octanol–water partition coefficient (Wildman–Crippen LogP) is 1.88. The van der Waals surface area contributed by atoms with E-state index in [0.29, 0.717) is 16.5 Å². The fourth-order valence-electron chi connectivity index (χ4n) is 2.16. The Balaban J connectivity index is 2.19. The van der Waals surface area contributed by atoms with E-state index in [9.17, 15) is 8.42 Å². The molecule has 0 unspecified atom stereocenters. The van der Waals surface area contributed by atoms with Crippen LogP contribution in [0.3, 0.4) is 0 Å². The molecule has 1 saturated carbocycles. The first-order valence-corrected chi connectivity index (χ1v) is 7.79. The van der Waals surface area contributed by atoms with Gasteiger partial charge in [0, 0.05) is 17.6 Å². The highest BCUT2D eigenvalue weighted by Crippen LogP contribution is 2.28. The van der Waals surface area contributed by atoms with Crippen LogP contribution in [-0.2, 0) is 16.6 Å². The van der Waals surface area contributed by atoms with Crippen molar-refractivity contribution in [2.24, 2.45) is 11.7 Å². The van der Waals surface area contributed by atoms with E-state index in [1.165, 1.54) is 12.1 Å². The number of rotatable bonds is 4. The van der Waals surface area contributed by atoms with Crippen molar-refractivity contribution in [3.05, 3.63) is 28.8 Å². The summed E-state index contributed by atoms with van der Waals surface area (Å²) in [5, 5.41) is 0.494. The van der Waals surface area contributed by atoms with Crippen LogP contribution in [0, 0.1) is 5.92 Å². The maximum atomic E-state index is 12.1. The molecule has 2 rings (SSSR count). The second kappa shape index (κ2) is 5.17. The minimum absolute atomic E-state index is 0.0574.